The van der Waals surface area contributed by atoms with E-state index in [4.69, 9.17) is 4.74 Å². The van der Waals surface area contributed by atoms with Gasteiger partial charge in [0.25, 0.3) is 0 Å². The van der Waals surface area contributed by atoms with Crippen molar-refractivity contribution in [1.82, 2.24) is 0 Å². The van der Waals surface area contributed by atoms with E-state index < -0.39 is 8.07 Å². The molecule has 0 unspecified atom stereocenters. The molecule has 0 atom stereocenters. The van der Waals surface area contributed by atoms with Crippen LogP contribution in [-0.4, -0.2) is 21.0 Å². The summed E-state index contributed by atoms with van der Waals surface area (Å²) in [5.41, 5.74) is 5.84. The molecule has 0 N–H and O–H groups in total. The molecule has 25 heavy (non-hydrogen) atoms. The third kappa shape index (κ3) is 3.74. The van der Waals surface area contributed by atoms with E-state index in [9.17, 15) is 4.79 Å². The number of nitrogens with zero attached hydrogens (tertiary/aromatic N) is 1. The summed E-state index contributed by atoms with van der Waals surface area (Å²) < 4.78 is 5.26. The van der Waals surface area contributed by atoms with E-state index in [2.05, 4.69) is 30.2 Å². The third-order valence-electron chi connectivity index (χ3n) is 3.97. The first-order valence-electron chi connectivity index (χ1n) is 8.37. The second-order valence-electron chi connectivity index (χ2n) is 7.19. The van der Waals surface area contributed by atoms with Crippen molar-refractivity contribution in [1.29, 1.82) is 0 Å². The lowest BCUT2D eigenvalue weighted by molar-refractivity contribution is -0.111. The Hall–Kier alpha value is -2.59. The summed E-state index contributed by atoms with van der Waals surface area (Å²) in [5, 5.41) is 0. The van der Waals surface area contributed by atoms with E-state index in [1.165, 1.54) is 0 Å². The molecule has 0 saturated heterocycles. The minimum Gasteiger partial charge on any atom is -0.497 e. The van der Waals surface area contributed by atoms with Crippen molar-refractivity contribution in [3.05, 3.63) is 77.6 Å². The highest BCUT2D eigenvalue weighted by Crippen LogP contribution is 2.37. The Morgan fingerprint density at radius 1 is 0.960 bits per heavy atom. The maximum atomic E-state index is 12.8. The molecule has 0 amide bonds. The highest BCUT2D eigenvalue weighted by molar-refractivity contribution is 6.81. The van der Waals surface area contributed by atoms with Gasteiger partial charge in [-0.3, -0.25) is 4.79 Å². The zero-order valence-corrected chi connectivity index (χ0v) is 16.1. The average molecular weight is 350 g/mol. The Balaban J connectivity index is 2.12. The first-order valence-corrected chi connectivity index (χ1v) is 12.0. The summed E-state index contributed by atoms with van der Waals surface area (Å²) in [6.07, 6.45) is 1.74. The van der Waals surface area contributed by atoms with E-state index in [0.717, 1.165) is 28.4 Å². The third-order valence-corrected chi connectivity index (χ3v) is 5.11. The van der Waals surface area contributed by atoms with Gasteiger partial charge >= 0.3 is 0 Å². The number of benzene rings is 2. The molecule has 2 aromatic carbocycles. The van der Waals surface area contributed by atoms with Crippen LogP contribution < -0.4 is 9.64 Å². The molecule has 2 aromatic rings. The Morgan fingerprint density at radius 3 is 2.16 bits per heavy atom. The molecule has 0 fully saturated rings. The van der Waals surface area contributed by atoms with Crippen LogP contribution in [-0.2, 0) is 4.79 Å². The van der Waals surface area contributed by atoms with E-state index >= 15 is 0 Å². The van der Waals surface area contributed by atoms with Crippen molar-refractivity contribution in [3.63, 3.8) is 0 Å². The lowest BCUT2D eigenvalue weighted by Crippen LogP contribution is -2.25. The summed E-state index contributed by atoms with van der Waals surface area (Å²) >= 11 is 0. The molecule has 0 saturated carbocycles. The van der Waals surface area contributed by atoms with Crippen LogP contribution in [0.15, 0.2) is 72.1 Å². The molecule has 3 nitrogen and oxygen atoms in total. The highest BCUT2D eigenvalue weighted by Gasteiger charge is 2.31. The fourth-order valence-electron chi connectivity index (χ4n) is 2.88. The SMILES string of the molecule is COc1ccc(N2C(c3ccccc3)=CC(=O)/C2=C\[Si](C)(C)C)cc1. The van der Waals surface area contributed by atoms with E-state index in [1.54, 1.807) is 13.2 Å². The highest BCUT2D eigenvalue weighted by atomic mass is 28.3. The van der Waals surface area contributed by atoms with Gasteiger partial charge in [-0.05, 0) is 29.8 Å². The molecule has 0 radical (unpaired) electrons. The minimum absolute atomic E-state index is 0.0668. The topological polar surface area (TPSA) is 29.5 Å². The maximum absolute atomic E-state index is 12.8. The van der Waals surface area contributed by atoms with Gasteiger partial charge in [-0.15, -0.1) is 0 Å². The predicted octanol–water partition coefficient (Wildman–Crippen LogP) is 4.89. The lowest BCUT2D eigenvalue weighted by atomic mass is 10.1. The molecule has 1 aliphatic rings. The van der Waals surface area contributed by atoms with Gasteiger partial charge in [0.1, 0.15) is 5.75 Å². The largest absolute Gasteiger partial charge is 0.497 e. The number of methoxy groups -OCH3 is 1. The predicted molar refractivity (Wildman–Crippen MR) is 106 cm³/mol. The van der Waals surface area contributed by atoms with Crippen molar-refractivity contribution in [2.75, 3.05) is 12.0 Å². The van der Waals surface area contributed by atoms with Crippen LogP contribution in [0.3, 0.4) is 0 Å². The fourth-order valence-corrected chi connectivity index (χ4v) is 3.97. The van der Waals surface area contributed by atoms with Gasteiger partial charge in [-0.2, -0.15) is 0 Å². The minimum atomic E-state index is -1.57. The summed E-state index contributed by atoms with van der Waals surface area (Å²) in [4.78, 5) is 14.8. The van der Waals surface area contributed by atoms with Gasteiger partial charge in [0.15, 0.2) is 0 Å². The normalized spacial score (nSPS) is 16.3. The van der Waals surface area contributed by atoms with Crippen LogP contribution in [0.25, 0.3) is 5.70 Å². The summed E-state index contributed by atoms with van der Waals surface area (Å²) in [7, 11) is 0.0834. The van der Waals surface area contributed by atoms with Crippen LogP contribution in [0, 0.1) is 0 Å². The molecule has 128 valence electrons. The Bertz CT molecular complexity index is 830. The van der Waals surface area contributed by atoms with Crippen LogP contribution in [0.1, 0.15) is 5.56 Å². The summed E-state index contributed by atoms with van der Waals surface area (Å²) in [6.45, 7) is 6.71. The molecular weight excluding hydrogens is 326 g/mol. The number of anilines is 1. The molecular formula is C21H23NO2Si. The number of carbonyl (C=O) groups is 1. The van der Waals surface area contributed by atoms with Crippen LogP contribution in [0.5, 0.6) is 5.75 Å². The first-order chi connectivity index (χ1) is 11.9. The molecule has 0 spiro atoms. The van der Waals surface area contributed by atoms with Gasteiger partial charge < -0.3 is 9.64 Å². The van der Waals surface area contributed by atoms with Crippen molar-refractivity contribution in [2.24, 2.45) is 0 Å². The van der Waals surface area contributed by atoms with Crippen molar-refractivity contribution in [2.45, 2.75) is 19.6 Å². The van der Waals surface area contributed by atoms with Gasteiger partial charge in [0, 0.05) is 11.8 Å². The van der Waals surface area contributed by atoms with E-state index in [0.29, 0.717) is 0 Å². The quantitative estimate of drug-likeness (QED) is 0.581. The molecule has 4 heteroatoms. The van der Waals surface area contributed by atoms with Gasteiger partial charge in [0.2, 0.25) is 5.78 Å². The Kier molecular flexibility index (Phi) is 4.64. The van der Waals surface area contributed by atoms with Gasteiger partial charge in [-0.25, -0.2) is 0 Å². The number of ether oxygens (including phenoxy) is 1. The van der Waals surface area contributed by atoms with Gasteiger partial charge in [0.05, 0.1) is 26.6 Å². The number of carbonyl (C=O) groups excluding carboxylic acids is 1. The second kappa shape index (κ2) is 6.73. The molecule has 3 rings (SSSR count). The molecule has 0 aromatic heterocycles. The Morgan fingerprint density at radius 2 is 1.60 bits per heavy atom. The zero-order chi connectivity index (χ0) is 18.0. The lowest BCUT2D eigenvalue weighted by Gasteiger charge is -2.26. The smallest absolute Gasteiger partial charge is 0.203 e. The maximum Gasteiger partial charge on any atom is 0.203 e. The summed E-state index contributed by atoms with van der Waals surface area (Å²) in [5.74, 6) is 0.868. The number of ketones is 1. The van der Waals surface area contributed by atoms with Crippen LogP contribution in [0.2, 0.25) is 19.6 Å². The van der Waals surface area contributed by atoms with E-state index in [1.807, 2.05) is 54.6 Å². The van der Waals surface area contributed by atoms with E-state index in [-0.39, 0.29) is 5.78 Å². The number of rotatable bonds is 4. The van der Waals surface area contributed by atoms with Crippen LogP contribution >= 0.6 is 0 Å². The average Bonchev–Trinajstić information content (AvgIpc) is 2.91. The van der Waals surface area contributed by atoms with Gasteiger partial charge in [-0.1, -0.05) is 55.7 Å². The number of hydrogen-bond acceptors (Lipinski definition) is 3. The van der Waals surface area contributed by atoms with Crippen molar-refractivity contribution >= 4 is 25.2 Å². The second-order valence-corrected chi connectivity index (χ2v) is 12.2. The molecule has 0 aliphatic carbocycles. The molecule has 1 aliphatic heterocycles. The molecule has 0 bridgehead atoms. The molecule has 1 heterocycles. The summed E-state index contributed by atoms with van der Waals surface area (Å²) in [6, 6.07) is 17.9. The fraction of sp³-hybridized carbons (Fsp3) is 0.190. The number of allylic oxidation sites excluding steroid dienone is 1. The first kappa shape index (κ1) is 17.2. The van der Waals surface area contributed by atoms with Crippen molar-refractivity contribution < 1.29 is 9.53 Å². The number of hydrogen-bond donors (Lipinski definition) is 0. The Labute approximate surface area is 150 Å². The zero-order valence-electron chi connectivity index (χ0n) is 15.1. The van der Waals surface area contributed by atoms with Crippen LogP contribution in [0.4, 0.5) is 5.69 Å². The standard InChI is InChI=1S/C21H23NO2Si/c1-24-18-12-10-17(11-13-18)22-19(16-8-6-5-7-9-16)14-21(23)20(22)15-25(2,3)4/h5-15H,1-4H3/b20-15+. The van der Waals surface area contributed by atoms with Crippen molar-refractivity contribution in [3.8, 4) is 5.75 Å². The monoisotopic (exact) mass is 349 g/mol.